The molecular formula is C11H8F3NO3S3. The summed E-state index contributed by atoms with van der Waals surface area (Å²) in [5.74, 6) is 0. The van der Waals surface area contributed by atoms with Gasteiger partial charge in [0, 0.05) is 11.3 Å². The summed E-state index contributed by atoms with van der Waals surface area (Å²) in [5.41, 5.74) is -1.73. The molecule has 0 aliphatic rings. The molecule has 0 bridgehead atoms. The lowest BCUT2D eigenvalue weighted by molar-refractivity contribution is -0.387. The second-order valence-corrected chi connectivity index (χ2v) is 8.12. The van der Waals surface area contributed by atoms with E-state index >= 15 is 0 Å². The smallest absolute Gasteiger partial charge is 0.265 e. The minimum atomic E-state index is -4.74. The minimum absolute atomic E-state index is 0.0465. The van der Waals surface area contributed by atoms with Gasteiger partial charge in [0.05, 0.1) is 19.9 Å². The highest BCUT2D eigenvalue weighted by Gasteiger charge is 2.37. The van der Waals surface area contributed by atoms with Gasteiger partial charge in [0.25, 0.3) is 9.74 Å². The van der Waals surface area contributed by atoms with Crippen molar-refractivity contribution in [2.45, 2.75) is 30.2 Å². The molecule has 2 rings (SSSR count). The fourth-order valence-electron chi connectivity index (χ4n) is 1.69. The van der Waals surface area contributed by atoms with Crippen LogP contribution in [-0.4, -0.2) is 10.2 Å². The van der Waals surface area contributed by atoms with Crippen LogP contribution >= 0.6 is 34.4 Å². The number of benzene rings is 1. The van der Waals surface area contributed by atoms with E-state index < -0.39 is 26.4 Å². The Balaban J connectivity index is 2.91. The molecule has 0 N–H and O–H groups in total. The fourth-order valence-corrected chi connectivity index (χ4v) is 5.08. The maximum Gasteiger partial charge on any atom is 0.418 e. The lowest BCUT2D eigenvalue weighted by Gasteiger charge is -2.11. The molecule has 10 heteroatoms. The van der Waals surface area contributed by atoms with Crippen molar-refractivity contribution in [1.29, 1.82) is 0 Å². The first-order chi connectivity index (χ1) is 9.61. The van der Waals surface area contributed by atoms with Gasteiger partial charge in [-0.2, -0.15) is 13.2 Å². The summed E-state index contributed by atoms with van der Waals surface area (Å²) in [6.45, 7) is 3.54. The van der Waals surface area contributed by atoms with Crippen LogP contribution in [0.3, 0.4) is 0 Å². The maximum atomic E-state index is 13.0. The molecule has 0 unspecified atom stereocenters. The molecule has 0 aliphatic heterocycles. The average molecular weight is 355 g/mol. The summed E-state index contributed by atoms with van der Waals surface area (Å²) in [5, 5.41) is 11.0. The number of nitrogens with zero attached hydrogens (tertiary/aromatic N) is 1. The number of fused-ring (bicyclic) bond motifs is 1. The molecule has 0 saturated carbocycles. The van der Waals surface area contributed by atoms with Crippen LogP contribution in [0.5, 0.6) is 0 Å². The summed E-state index contributed by atoms with van der Waals surface area (Å²) in [7, 11) is 0. The first-order valence-electron chi connectivity index (χ1n) is 5.60. The monoisotopic (exact) mass is 355 g/mol. The number of nitro benzene ring substituents is 1. The van der Waals surface area contributed by atoms with Gasteiger partial charge in [-0.05, 0) is 0 Å². The van der Waals surface area contributed by atoms with Crippen molar-refractivity contribution in [2.75, 3.05) is 0 Å². The number of hydrogen-bond acceptors (Lipinski definition) is 6. The molecule has 114 valence electrons. The summed E-state index contributed by atoms with van der Waals surface area (Å²) >= 11 is 2.18. The first-order valence-corrected chi connectivity index (χ1v) is 8.11. The highest BCUT2D eigenvalue weighted by molar-refractivity contribution is 8.00. The molecule has 1 aromatic carbocycles. The zero-order valence-electron chi connectivity index (χ0n) is 10.7. The molecule has 0 saturated heterocycles. The third kappa shape index (κ3) is 3.22. The van der Waals surface area contributed by atoms with Gasteiger partial charge in [0.2, 0.25) is 0 Å². The lowest BCUT2D eigenvalue weighted by Crippen LogP contribution is -2.07. The van der Waals surface area contributed by atoms with Crippen molar-refractivity contribution < 1.29 is 18.1 Å². The van der Waals surface area contributed by atoms with Crippen LogP contribution in [-0.2, 0) is 6.18 Å². The van der Waals surface area contributed by atoms with Gasteiger partial charge in [-0.25, -0.2) is 0 Å². The minimum Gasteiger partial charge on any atom is -0.265 e. The molecule has 0 atom stereocenters. The topological polar surface area (TPSA) is 60.2 Å². The average Bonchev–Trinajstić information content (AvgIpc) is 2.67. The number of thioether (sulfide) groups is 1. The summed E-state index contributed by atoms with van der Waals surface area (Å²) in [4.78, 5) is 21.9. The quantitative estimate of drug-likeness (QED) is 0.453. The Bertz CT molecular complexity index is 764. The van der Waals surface area contributed by atoms with E-state index in [4.69, 9.17) is 0 Å². The molecule has 1 aromatic heterocycles. The normalized spacial score (nSPS) is 12.3. The van der Waals surface area contributed by atoms with E-state index in [9.17, 15) is 28.1 Å². The fraction of sp³-hybridized carbons (Fsp3) is 0.364. The number of rotatable bonds is 3. The predicted molar refractivity (Wildman–Crippen MR) is 78.6 cm³/mol. The second kappa shape index (κ2) is 5.58. The van der Waals surface area contributed by atoms with Crippen LogP contribution in [0.1, 0.15) is 19.4 Å². The standard InChI is InChI=1S/C11H8F3NO3S3/c1-4(2)19-8-6(15(17)18)3-5(11(12,13)14)7-9(8)21-10(16)20-7/h3-4H,1-2H3. The van der Waals surface area contributed by atoms with Gasteiger partial charge in [0.1, 0.15) is 4.90 Å². The molecule has 0 aliphatic carbocycles. The van der Waals surface area contributed by atoms with Gasteiger partial charge in [-0.15, -0.1) is 11.8 Å². The van der Waals surface area contributed by atoms with Gasteiger partial charge in [-0.1, -0.05) is 36.5 Å². The lowest BCUT2D eigenvalue weighted by atomic mass is 10.2. The Hall–Kier alpha value is -1.13. The SMILES string of the molecule is CC(C)Sc1c([N+](=O)[O-])cc(C(F)(F)F)c2sc(=O)sc12. The van der Waals surface area contributed by atoms with Crippen LogP contribution in [0, 0.1) is 10.1 Å². The molecule has 0 spiro atoms. The van der Waals surface area contributed by atoms with Crippen molar-refractivity contribution in [3.8, 4) is 0 Å². The maximum absolute atomic E-state index is 13.0. The van der Waals surface area contributed by atoms with Crippen molar-refractivity contribution >= 4 is 49.5 Å². The molecule has 4 nitrogen and oxygen atoms in total. The van der Waals surface area contributed by atoms with Crippen LogP contribution in [0.15, 0.2) is 15.8 Å². The van der Waals surface area contributed by atoms with E-state index in [1.807, 2.05) is 0 Å². The summed E-state index contributed by atoms with van der Waals surface area (Å²) < 4.78 is 38.4. The zero-order valence-corrected chi connectivity index (χ0v) is 13.1. The first kappa shape index (κ1) is 16.2. The molecule has 21 heavy (non-hydrogen) atoms. The van der Waals surface area contributed by atoms with Crippen molar-refractivity contribution in [2.24, 2.45) is 0 Å². The Morgan fingerprint density at radius 1 is 1.29 bits per heavy atom. The number of alkyl halides is 3. The molecule has 0 radical (unpaired) electrons. The van der Waals surface area contributed by atoms with Crippen LogP contribution in [0.25, 0.3) is 9.40 Å². The van der Waals surface area contributed by atoms with Crippen LogP contribution < -0.4 is 4.06 Å². The molecule has 0 amide bonds. The Morgan fingerprint density at radius 2 is 1.86 bits per heavy atom. The number of halogens is 3. The van der Waals surface area contributed by atoms with Gasteiger partial charge in [-0.3, -0.25) is 14.9 Å². The van der Waals surface area contributed by atoms with Crippen LogP contribution in [0.4, 0.5) is 18.9 Å². The second-order valence-electron chi connectivity index (χ2n) is 4.31. The number of nitro groups is 1. The Labute approximate surface area is 128 Å². The van der Waals surface area contributed by atoms with E-state index in [2.05, 4.69) is 0 Å². The molecular weight excluding hydrogens is 347 g/mol. The molecule has 0 fully saturated rings. The van der Waals surface area contributed by atoms with E-state index in [-0.39, 0.29) is 19.5 Å². The van der Waals surface area contributed by atoms with Crippen LogP contribution in [0.2, 0.25) is 0 Å². The Morgan fingerprint density at radius 3 is 2.33 bits per heavy atom. The zero-order chi connectivity index (χ0) is 15.9. The van der Waals surface area contributed by atoms with Crippen molar-refractivity contribution in [1.82, 2.24) is 0 Å². The third-order valence-corrected chi connectivity index (χ3v) is 5.85. The van der Waals surface area contributed by atoms with E-state index in [0.29, 0.717) is 28.7 Å². The Kier molecular flexibility index (Phi) is 4.31. The largest absolute Gasteiger partial charge is 0.418 e. The van der Waals surface area contributed by atoms with E-state index in [1.165, 1.54) is 0 Å². The molecule has 2 aromatic rings. The molecule has 1 heterocycles. The van der Waals surface area contributed by atoms with Crippen molar-refractivity contribution in [3.63, 3.8) is 0 Å². The van der Waals surface area contributed by atoms with Gasteiger partial charge in [0.15, 0.2) is 0 Å². The van der Waals surface area contributed by atoms with Gasteiger partial charge >= 0.3 is 6.18 Å². The van der Waals surface area contributed by atoms with Gasteiger partial charge < -0.3 is 0 Å². The highest BCUT2D eigenvalue weighted by Crippen LogP contribution is 2.46. The summed E-state index contributed by atoms with van der Waals surface area (Å²) in [6, 6.07) is 0.524. The van der Waals surface area contributed by atoms with E-state index in [0.717, 1.165) is 11.8 Å². The van der Waals surface area contributed by atoms with E-state index in [1.54, 1.807) is 13.8 Å². The highest BCUT2D eigenvalue weighted by atomic mass is 32.2. The number of hydrogen-bond donors (Lipinski definition) is 0. The van der Waals surface area contributed by atoms with Crippen molar-refractivity contribution in [3.05, 3.63) is 30.6 Å². The summed E-state index contributed by atoms with van der Waals surface area (Å²) in [6.07, 6.45) is -4.74. The predicted octanol–water partition coefficient (Wildman–Crippen LogP) is 4.75. The third-order valence-electron chi connectivity index (χ3n) is 2.40.